The lowest BCUT2D eigenvalue weighted by Gasteiger charge is -2.15. The van der Waals surface area contributed by atoms with E-state index in [9.17, 15) is 4.57 Å². The van der Waals surface area contributed by atoms with E-state index in [4.69, 9.17) is 13.6 Å². The van der Waals surface area contributed by atoms with Gasteiger partial charge in [-0.1, -0.05) is 6.92 Å². The van der Waals surface area contributed by atoms with Crippen molar-refractivity contribution in [1.29, 1.82) is 0 Å². The summed E-state index contributed by atoms with van der Waals surface area (Å²) >= 11 is 0. The molecule has 1 fully saturated rings. The van der Waals surface area contributed by atoms with Crippen LogP contribution < -0.4 is 0 Å². The fourth-order valence-electron chi connectivity index (χ4n) is 0.896. The summed E-state index contributed by atoms with van der Waals surface area (Å²) in [6.07, 6.45) is 1.67. The third-order valence-corrected chi connectivity index (χ3v) is 2.54. The van der Waals surface area contributed by atoms with Gasteiger partial charge in [0.1, 0.15) is 0 Å². The monoisotopic (exact) mass is 162 g/mol. The highest BCUT2D eigenvalue weighted by Crippen LogP contribution is 2.70. The predicted molar refractivity (Wildman–Crippen MR) is 32.8 cm³/mol. The van der Waals surface area contributed by atoms with Crippen molar-refractivity contribution in [2.24, 2.45) is 0 Å². The summed E-state index contributed by atoms with van der Waals surface area (Å²) in [6, 6.07) is 0. The smallest absolute Gasteiger partial charge is 0.383 e. The minimum absolute atomic E-state index is 0.324. The van der Waals surface area contributed by atoms with Crippen molar-refractivity contribution in [1.82, 2.24) is 0 Å². The molecule has 5 heteroatoms. The van der Waals surface area contributed by atoms with Crippen LogP contribution in [0, 0.1) is 0 Å². The molecule has 3 heterocycles. The maximum atomic E-state index is 10.9. The lowest BCUT2D eigenvalue weighted by Crippen LogP contribution is -1.99. The lowest BCUT2D eigenvalue weighted by molar-refractivity contribution is 0.0985. The van der Waals surface area contributed by atoms with E-state index >= 15 is 0 Å². The summed E-state index contributed by atoms with van der Waals surface area (Å²) in [4.78, 5) is 0. The largest absolute Gasteiger partial charge is 0.651 e. The van der Waals surface area contributed by atoms with Gasteiger partial charge in [-0.2, -0.15) is 4.57 Å². The molecule has 0 aromatic heterocycles. The number of fused-ring (bicyclic) bond motifs is 1. The van der Waals surface area contributed by atoms with Crippen LogP contribution in [-0.4, -0.2) is 0 Å². The van der Waals surface area contributed by atoms with E-state index in [0.717, 1.165) is 12.8 Å². The maximum Gasteiger partial charge on any atom is 0.651 e. The molecule has 0 amide bonds. The summed E-state index contributed by atoms with van der Waals surface area (Å²) in [5.41, 5.74) is 0. The van der Waals surface area contributed by atoms with Crippen molar-refractivity contribution >= 4 is 7.82 Å². The second-order valence-corrected chi connectivity index (χ2v) is 3.62. The molecule has 3 aliphatic rings. The van der Waals surface area contributed by atoms with Gasteiger partial charge in [0.2, 0.25) is 0 Å². The molecule has 3 aliphatic heterocycles. The average Bonchev–Trinajstić information content (AvgIpc) is 2.20. The third-order valence-electron chi connectivity index (χ3n) is 1.32. The zero-order valence-electron chi connectivity index (χ0n) is 5.49. The second kappa shape index (κ2) is 1.70. The van der Waals surface area contributed by atoms with Gasteiger partial charge >= 0.3 is 13.8 Å². The zero-order valence-corrected chi connectivity index (χ0v) is 6.39. The molecule has 2 bridgehead atoms. The maximum absolute atomic E-state index is 10.9. The molecule has 56 valence electrons. The molecule has 0 aliphatic carbocycles. The standard InChI is InChI=1S/C5H7O4P/c1-2-3-4-5-8-10(6,7-4)9-5/h2-3H2,1H3. The van der Waals surface area contributed by atoms with Crippen LogP contribution in [0.1, 0.15) is 19.8 Å². The number of rotatable bonds is 2. The number of allylic oxidation sites excluding steroid dienone is 1. The summed E-state index contributed by atoms with van der Waals surface area (Å²) in [7, 11) is -3.06. The van der Waals surface area contributed by atoms with Crippen LogP contribution in [0.2, 0.25) is 0 Å². The van der Waals surface area contributed by atoms with Gasteiger partial charge in [0.05, 0.1) is 0 Å². The van der Waals surface area contributed by atoms with Crippen molar-refractivity contribution in [3.8, 4) is 0 Å². The highest BCUT2D eigenvalue weighted by molar-refractivity contribution is 7.50. The second-order valence-electron chi connectivity index (χ2n) is 2.18. The first-order valence-corrected chi connectivity index (χ1v) is 4.61. The van der Waals surface area contributed by atoms with E-state index in [1.165, 1.54) is 0 Å². The van der Waals surface area contributed by atoms with Crippen LogP contribution in [0.15, 0.2) is 11.7 Å². The minimum Gasteiger partial charge on any atom is -0.383 e. The van der Waals surface area contributed by atoms with E-state index in [-0.39, 0.29) is 0 Å². The first-order valence-electron chi connectivity index (χ1n) is 3.15. The SMILES string of the molecule is CCCC1=C2OP(=O)(O1)O2. The Morgan fingerprint density at radius 2 is 2.10 bits per heavy atom. The van der Waals surface area contributed by atoms with Gasteiger partial charge in [0, 0.05) is 6.42 Å². The predicted octanol–water partition coefficient (Wildman–Crippen LogP) is 2.14. The molecule has 0 aromatic carbocycles. The van der Waals surface area contributed by atoms with Gasteiger partial charge in [-0.3, -0.25) is 0 Å². The van der Waals surface area contributed by atoms with Crippen molar-refractivity contribution in [2.45, 2.75) is 19.8 Å². The molecule has 0 radical (unpaired) electrons. The van der Waals surface area contributed by atoms with Crippen LogP contribution in [0.5, 0.6) is 0 Å². The van der Waals surface area contributed by atoms with Gasteiger partial charge in [-0.15, -0.1) is 0 Å². The van der Waals surface area contributed by atoms with Crippen LogP contribution in [-0.2, 0) is 18.1 Å². The van der Waals surface area contributed by atoms with Gasteiger partial charge in [-0.05, 0) is 6.42 Å². The van der Waals surface area contributed by atoms with Gasteiger partial charge in [0.25, 0.3) is 0 Å². The van der Waals surface area contributed by atoms with E-state index in [2.05, 4.69) is 0 Å². The zero-order chi connectivity index (χ0) is 7.19. The number of hydrogen-bond donors (Lipinski definition) is 0. The van der Waals surface area contributed by atoms with Gasteiger partial charge in [-0.25, -0.2) is 0 Å². The fraction of sp³-hybridized carbons (Fsp3) is 0.600. The molecule has 0 atom stereocenters. The normalized spacial score (nSPS) is 24.5. The lowest BCUT2D eigenvalue weighted by atomic mass is 10.3. The fourth-order valence-corrected chi connectivity index (χ4v) is 2.03. The van der Waals surface area contributed by atoms with Crippen molar-refractivity contribution < 1.29 is 18.1 Å². The Hall–Kier alpha value is -0.630. The number of phosphoric acid groups is 1. The Bertz CT molecular complexity index is 232. The first-order chi connectivity index (χ1) is 4.73. The van der Waals surface area contributed by atoms with E-state index < -0.39 is 7.82 Å². The molecule has 0 aromatic rings. The van der Waals surface area contributed by atoms with E-state index in [0.29, 0.717) is 11.7 Å². The van der Waals surface area contributed by atoms with Crippen molar-refractivity contribution in [3.05, 3.63) is 11.7 Å². The van der Waals surface area contributed by atoms with Crippen LogP contribution >= 0.6 is 7.82 Å². The van der Waals surface area contributed by atoms with Crippen molar-refractivity contribution in [2.75, 3.05) is 0 Å². The summed E-state index contributed by atoms with van der Waals surface area (Å²) in [5, 5.41) is 0. The molecular weight excluding hydrogens is 155 g/mol. The highest BCUT2D eigenvalue weighted by atomic mass is 31.2. The Morgan fingerprint density at radius 1 is 1.40 bits per heavy atom. The molecule has 0 saturated carbocycles. The molecule has 1 saturated heterocycles. The molecule has 3 rings (SSSR count). The Labute approximate surface area is 58.4 Å². The summed E-state index contributed by atoms with van der Waals surface area (Å²) in [6.45, 7) is 2.00. The van der Waals surface area contributed by atoms with Crippen molar-refractivity contribution in [3.63, 3.8) is 0 Å². The molecule has 4 nitrogen and oxygen atoms in total. The Morgan fingerprint density at radius 3 is 2.50 bits per heavy atom. The molecule has 0 spiro atoms. The highest BCUT2D eigenvalue weighted by Gasteiger charge is 2.55. The minimum atomic E-state index is -3.06. The molecule has 0 N–H and O–H groups in total. The number of hydrogen-bond acceptors (Lipinski definition) is 4. The topological polar surface area (TPSA) is 44.8 Å². The van der Waals surface area contributed by atoms with Crippen LogP contribution in [0.4, 0.5) is 0 Å². The van der Waals surface area contributed by atoms with Gasteiger partial charge in [0.15, 0.2) is 5.76 Å². The number of phosphoric ester groups is 1. The van der Waals surface area contributed by atoms with Crippen LogP contribution in [0.25, 0.3) is 0 Å². The third kappa shape index (κ3) is 0.655. The molecule has 0 unspecified atom stereocenters. The van der Waals surface area contributed by atoms with E-state index in [1.54, 1.807) is 0 Å². The summed E-state index contributed by atoms with van der Waals surface area (Å²) < 4.78 is 25.1. The Balaban J connectivity index is 2.13. The molecular formula is C5H7O4P. The Kier molecular flexibility index (Phi) is 1.04. The van der Waals surface area contributed by atoms with Crippen LogP contribution in [0.3, 0.4) is 0 Å². The van der Waals surface area contributed by atoms with Gasteiger partial charge < -0.3 is 13.6 Å². The quantitative estimate of drug-likeness (QED) is 0.583. The summed E-state index contributed by atoms with van der Waals surface area (Å²) in [5.74, 6) is 0.927. The first kappa shape index (κ1) is 6.10. The van der Waals surface area contributed by atoms with E-state index in [1.807, 2.05) is 6.92 Å². The average molecular weight is 162 g/mol. The molecule has 10 heavy (non-hydrogen) atoms.